The predicted octanol–water partition coefficient (Wildman–Crippen LogP) is 0.575. The van der Waals surface area contributed by atoms with Crippen molar-refractivity contribution in [1.29, 1.82) is 0 Å². The Labute approximate surface area is 117 Å². The minimum Gasteiger partial charge on any atom is -0.392 e. The van der Waals surface area contributed by atoms with E-state index in [0.717, 1.165) is 22.6 Å². The van der Waals surface area contributed by atoms with Gasteiger partial charge in [-0.2, -0.15) is 0 Å². The minimum absolute atomic E-state index is 0.273. The van der Waals surface area contributed by atoms with Crippen molar-refractivity contribution in [3.8, 4) is 0 Å². The normalized spacial score (nSPS) is 27.9. The van der Waals surface area contributed by atoms with Crippen LogP contribution in [0.2, 0.25) is 0 Å². The Morgan fingerprint density at radius 2 is 2.32 bits per heavy atom. The molecule has 19 heavy (non-hydrogen) atoms. The summed E-state index contributed by atoms with van der Waals surface area (Å²) in [5, 5.41) is 15.1. The van der Waals surface area contributed by atoms with E-state index in [0.29, 0.717) is 11.7 Å². The van der Waals surface area contributed by atoms with Gasteiger partial charge in [-0.1, -0.05) is 18.5 Å². The molecule has 0 fully saturated rings. The molecule has 2 rings (SSSR count). The fraction of sp³-hybridized carbons (Fsp3) is 0.429. The van der Waals surface area contributed by atoms with E-state index in [1.165, 1.54) is 0 Å². The lowest BCUT2D eigenvalue weighted by Crippen LogP contribution is -2.38. The maximum absolute atomic E-state index is 9.45. The van der Waals surface area contributed by atoms with E-state index in [1.54, 1.807) is 19.3 Å². The van der Waals surface area contributed by atoms with Gasteiger partial charge in [0.25, 0.3) is 0 Å². The summed E-state index contributed by atoms with van der Waals surface area (Å²) in [5.74, 6) is 0.273. The second-order valence-electron chi connectivity index (χ2n) is 4.80. The molecule has 1 aliphatic rings. The number of nitrogens with one attached hydrogen (secondary N) is 1. The quantitative estimate of drug-likeness (QED) is 0.796. The third-order valence-corrected chi connectivity index (χ3v) is 3.38. The minimum atomic E-state index is -0.404. The summed E-state index contributed by atoms with van der Waals surface area (Å²) in [5.41, 5.74) is 1.05. The van der Waals surface area contributed by atoms with Crippen LogP contribution >= 0.6 is 11.6 Å². The van der Waals surface area contributed by atoms with Crippen molar-refractivity contribution in [3.05, 3.63) is 28.9 Å². The summed E-state index contributed by atoms with van der Waals surface area (Å²) in [6.07, 6.45) is 5.72. The highest BCUT2D eigenvalue weighted by molar-refractivity contribution is 6.45. The summed E-state index contributed by atoms with van der Waals surface area (Å²) < 4.78 is 0. The molecule has 0 aromatic carbocycles. The van der Waals surface area contributed by atoms with E-state index < -0.39 is 6.10 Å². The first-order valence-electron chi connectivity index (χ1n) is 6.38. The first-order chi connectivity index (χ1) is 9.09. The van der Waals surface area contributed by atoms with Crippen molar-refractivity contribution in [2.75, 3.05) is 6.54 Å². The molecule has 0 spiro atoms. The van der Waals surface area contributed by atoms with Gasteiger partial charge in [0.1, 0.15) is 5.16 Å². The van der Waals surface area contributed by atoms with Gasteiger partial charge < -0.3 is 10.4 Å². The molecule has 1 unspecified atom stereocenters. The lowest BCUT2D eigenvalue weighted by Gasteiger charge is -2.19. The van der Waals surface area contributed by atoms with Gasteiger partial charge in [0.05, 0.1) is 6.10 Å². The van der Waals surface area contributed by atoms with Crippen molar-refractivity contribution in [1.82, 2.24) is 10.3 Å². The van der Waals surface area contributed by atoms with Gasteiger partial charge in [0.15, 0.2) is 0 Å². The van der Waals surface area contributed by atoms with Crippen LogP contribution in [0.3, 0.4) is 0 Å². The number of hydrogen-bond donors (Lipinski definition) is 2. The molecule has 0 saturated carbocycles. The van der Waals surface area contributed by atoms with Crippen LogP contribution in [0.1, 0.15) is 20.3 Å². The lowest BCUT2D eigenvalue weighted by molar-refractivity contribution is 0.196. The summed E-state index contributed by atoms with van der Waals surface area (Å²) in [6.45, 7) is 4.38. The largest absolute Gasteiger partial charge is 0.392 e. The molecule has 0 aliphatic carbocycles. The zero-order valence-corrected chi connectivity index (χ0v) is 11.9. The topological polar surface area (TPSA) is 57.5 Å². The molecule has 5 heteroatoms. The number of fused-ring (bicyclic) bond motifs is 1. The fourth-order valence-corrected chi connectivity index (χ4v) is 2.29. The summed E-state index contributed by atoms with van der Waals surface area (Å²) in [6, 6.07) is 1.86. The second-order valence-corrected chi connectivity index (χ2v) is 5.16. The fourth-order valence-electron chi connectivity index (χ4n) is 2.06. The average Bonchev–Trinajstić information content (AvgIpc) is 2.37. The highest BCUT2D eigenvalue weighted by Crippen LogP contribution is 2.13. The molecule has 1 aliphatic heterocycles. The summed E-state index contributed by atoms with van der Waals surface area (Å²) in [4.78, 5) is 8.41. The van der Waals surface area contributed by atoms with Crippen LogP contribution in [0.25, 0.3) is 10.9 Å². The number of rotatable bonds is 3. The van der Waals surface area contributed by atoms with Crippen LogP contribution < -0.4 is 15.8 Å². The average molecular weight is 280 g/mol. The SMILES string of the molecule is CC1C/C=N/C(Cl)=c2/ccnc/c2=C/1NC[C@@H](C)O. The van der Waals surface area contributed by atoms with Crippen molar-refractivity contribution >= 4 is 28.7 Å². The van der Waals surface area contributed by atoms with E-state index in [1.807, 2.05) is 12.3 Å². The van der Waals surface area contributed by atoms with E-state index in [4.69, 9.17) is 11.6 Å². The molecule has 0 bridgehead atoms. The van der Waals surface area contributed by atoms with Gasteiger partial charge in [-0.3, -0.25) is 4.98 Å². The van der Waals surface area contributed by atoms with Crippen molar-refractivity contribution in [2.45, 2.75) is 26.4 Å². The number of aromatic nitrogens is 1. The molecule has 0 amide bonds. The Hall–Kier alpha value is -1.39. The van der Waals surface area contributed by atoms with Gasteiger partial charge in [-0.25, -0.2) is 4.99 Å². The molecule has 2 atom stereocenters. The Balaban J connectivity index is 2.63. The van der Waals surface area contributed by atoms with Crippen molar-refractivity contribution < 1.29 is 5.11 Å². The number of pyridine rings is 1. The molecule has 2 N–H and O–H groups in total. The third kappa shape index (κ3) is 3.33. The molecule has 1 aromatic heterocycles. The van der Waals surface area contributed by atoms with Gasteiger partial charge in [-0.05, 0) is 19.4 Å². The van der Waals surface area contributed by atoms with Crippen LogP contribution in [-0.4, -0.2) is 29.0 Å². The Morgan fingerprint density at radius 1 is 1.53 bits per heavy atom. The van der Waals surface area contributed by atoms with Gasteiger partial charge in [0.2, 0.25) is 0 Å². The Morgan fingerprint density at radius 3 is 3.05 bits per heavy atom. The van der Waals surface area contributed by atoms with Crippen molar-refractivity contribution in [3.63, 3.8) is 0 Å². The lowest BCUT2D eigenvalue weighted by atomic mass is 10.0. The highest BCUT2D eigenvalue weighted by atomic mass is 35.5. The zero-order valence-electron chi connectivity index (χ0n) is 11.1. The monoisotopic (exact) mass is 279 g/mol. The van der Waals surface area contributed by atoms with Crippen LogP contribution in [0, 0.1) is 5.92 Å². The number of aliphatic hydroxyl groups is 1. The highest BCUT2D eigenvalue weighted by Gasteiger charge is 2.12. The third-order valence-electron chi connectivity index (χ3n) is 3.08. The molecule has 0 radical (unpaired) electrons. The first kappa shape index (κ1) is 14.0. The van der Waals surface area contributed by atoms with Gasteiger partial charge in [-0.15, -0.1) is 0 Å². The molecule has 0 saturated heterocycles. The smallest absolute Gasteiger partial charge is 0.136 e. The van der Waals surface area contributed by atoms with E-state index in [9.17, 15) is 5.11 Å². The van der Waals surface area contributed by atoms with Crippen LogP contribution in [0.5, 0.6) is 0 Å². The Bertz CT molecular complexity index is 595. The maximum atomic E-state index is 9.45. The predicted molar refractivity (Wildman–Crippen MR) is 78.1 cm³/mol. The standard InChI is InChI=1S/C14H18ClN3O/c1-9-3-6-17-14(15)11-4-5-16-8-12(11)13(9)18-7-10(2)19/h4-6,8-10,18-19H,3,7H2,1-2H3/b13-12+,14-11-,17-6+/t9?,10-/m1/s1. The molecular formula is C14H18ClN3O. The number of hydrogen-bond acceptors (Lipinski definition) is 4. The van der Waals surface area contributed by atoms with Gasteiger partial charge in [0, 0.05) is 47.2 Å². The molecule has 1 aromatic rings. The molecule has 4 nitrogen and oxygen atoms in total. The first-order valence-corrected chi connectivity index (χ1v) is 6.76. The number of halogens is 1. The summed E-state index contributed by atoms with van der Waals surface area (Å²) in [7, 11) is 0. The van der Waals surface area contributed by atoms with E-state index >= 15 is 0 Å². The van der Waals surface area contributed by atoms with Crippen LogP contribution in [-0.2, 0) is 0 Å². The van der Waals surface area contributed by atoms with E-state index in [2.05, 4.69) is 22.2 Å². The number of aliphatic hydroxyl groups excluding tert-OH is 1. The number of aliphatic imine (C=N–C) groups is 1. The molecule has 2 heterocycles. The molecular weight excluding hydrogens is 262 g/mol. The zero-order chi connectivity index (χ0) is 13.8. The Kier molecular flexibility index (Phi) is 4.56. The van der Waals surface area contributed by atoms with E-state index in [-0.39, 0.29) is 5.92 Å². The summed E-state index contributed by atoms with van der Waals surface area (Å²) >= 11 is 6.20. The number of nitrogens with zero attached hydrogens (tertiary/aromatic N) is 2. The molecule has 102 valence electrons. The maximum Gasteiger partial charge on any atom is 0.136 e. The second kappa shape index (κ2) is 6.17. The van der Waals surface area contributed by atoms with Gasteiger partial charge >= 0.3 is 0 Å². The van der Waals surface area contributed by atoms with Crippen molar-refractivity contribution in [2.24, 2.45) is 10.9 Å². The van der Waals surface area contributed by atoms with Crippen LogP contribution in [0.15, 0.2) is 23.5 Å². The van der Waals surface area contributed by atoms with Crippen LogP contribution in [0.4, 0.5) is 0 Å².